The van der Waals surface area contributed by atoms with E-state index in [-0.39, 0.29) is 11.8 Å². The number of benzene rings is 3. The highest BCUT2D eigenvalue weighted by Gasteiger charge is 2.35. The molecule has 11 heteroatoms. The molecule has 0 saturated carbocycles. The van der Waals surface area contributed by atoms with E-state index in [4.69, 9.17) is 26.2 Å². The normalized spacial score (nSPS) is 16.5. The van der Waals surface area contributed by atoms with Gasteiger partial charge in [0.1, 0.15) is 22.9 Å². The van der Waals surface area contributed by atoms with E-state index in [1.165, 1.54) is 12.1 Å². The molecule has 9 nitrogen and oxygen atoms in total. The maximum Gasteiger partial charge on any atom is 0.355 e. The second-order valence-electron chi connectivity index (χ2n) is 15.8. The van der Waals surface area contributed by atoms with Crippen molar-refractivity contribution in [3.8, 4) is 16.9 Å². The van der Waals surface area contributed by atoms with Crippen LogP contribution >= 0.6 is 11.6 Å². The number of ether oxygens (including phenoxy) is 2. The van der Waals surface area contributed by atoms with E-state index in [0.717, 1.165) is 95.6 Å². The summed E-state index contributed by atoms with van der Waals surface area (Å²) >= 11 is 7.15. The molecule has 2 aliphatic heterocycles. The van der Waals surface area contributed by atoms with Crippen LogP contribution < -0.4 is 4.74 Å². The van der Waals surface area contributed by atoms with E-state index >= 15 is 0 Å². The van der Waals surface area contributed by atoms with Crippen molar-refractivity contribution >= 4 is 39.2 Å². The van der Waals surface area contributed by atoms with Gasteiger partial charge in [-0.2, -0.15) is 5.10 Å². The molecule has 3 aromatic carbocycles. The average molecular weight is 743 g/mol. The Labute approximate surface area is 317 Å². The topological polar surface area (TPSA) is 68.0 Å². The molecule has 7 rings (SSSR count). The third-order valence-corrected chi connectivity index (χ3v) is 11.2. The number of rotatable bonds is 11. The van der Waals surface area contributed by atoms with Crippen LogP contribution in [0.4, 0.5) is 4.39 Å². The monoisotopic (exact) mass is 742 g/mol. The Morgan fingerprint density at radius 2 is 1.70 bits per heavy atom. The molecule has 4 heterocycles. The van der Waals surface area contributed by atoms with Gasteiger partial charge in [0.05, 0.1) is 22.8 Å². The van der Waals surface area contributed by atoms with Gasteiger partial charge in [0.15, 0.2) is 0 Å². The van der Waals surface area contributed by atoms with E-state index in [0.29, 0.717) is 48.5 Å². The van der Waals surface area contributed by atoms with Crippen LogP contribution in [0.3, 0.4) is 0 Å². The molecule has 2 aliphatic rings. The zero-order chi connectivity index (χ0) is 37.6. The largest absolute Gasteiger partial charge is 0.493 e. The summed E-state index contributed by atoms with van der Waals surface area (Å²) in [5.74, 6) is 0.0838. The summed E-state index contributed by atoms with van der Waals surface area (Å²) in [7, 11) is 4.14. The average Bonchev–Trinajstić information content (AvgIpc) is 3.53. The quantitative estimate of drug-likeness (QED) is 0.103. The van der Waals surface area contributed by atoms with Crippen LogP contribution in [0.1, 0.15) is 54.6 Å². The zero-order valence-electron chi connectivity index (χ0n) is 32.1. The summed E-state index contributed by atoms with van der Waals surface area (Å²) in [6.45, 7) is 18.1. The van der Waals surface area contributed by atoms with Gasteiger partial charge in [0.25, 0.3) is 0 Å². The Balaban J connectivity index is 1.25. The standard InChI is InChI=1S/C42H52ClFN6O3/c1-27-37(28(2)47(7)45-27)38-35(43)16-15-34-33(11-9-23-52-36-12-8-10-29-24-30(44)13-14-32(29)36)40(41(51)53-42(3,4)5)50(39(34)38)22-19-48-25-31(26-48)49-20-17-46(6)18-21-49/h8,10,12-16,24,31H,9,11,17-23,25-26H2,1-7H3. The Hall–Kier alpha value is -3.96. The molecule has 5 aromatic rings. The highest BCUT2D eigenvalue weighted by Crippen LogP contribution is 2.42. The van der Waals surface area contributed by atoms with Crippen LogP contribution in [0.2, 0.25) is 5.02 Å². The molecule has 2 saturated heterocycles. The van der Waals surface area contributed by atoms with Crippen LogP contribution in [-0.4, -0.2) is 106 Å². The fourth-order valence-corrected chi connectivity index (χ4v) is 8.32. The maximum atomic E-state index is 14.4. The summed E-state index contributed by atoms with van der Waals surface area (Å²) in [6, 6.07) is 15.0. The second-order valence-corrected chi connectivity index (χ2v) is 16.2. The number of likely N-dealkylation sites (tertiary alicyclic amines) is 1. The van der Waals surface area contributed by atoms with Crippen molar-refractivity contribution < 1.29 is 18.7 Å². The van der Waals surface area contributed by atoms with Crippen molar-refractivity contribution in [3.05, 3.63) is 82.0 Å². The number of hydrogen-bond donors (Lipinski definition) is 0. The van der Waals surface area contributed by atoms with Gasteiger partial charge >= 0.3 is 5.97 Å². The highest BCUT2D eigenvalue weighted by atomic mass is 35.5. The number of carbonyl (C=O) groups is 1. The van der Waals surface area contributed by atoms with Crippen molar-refractivity contribution in [2.45, 2.75) is 65.6 Å². The third-order valence-electron chi connectivity index (χ3n) is 10.9. The molecule has 0 radical (unpaired) electrons. The predicted octanol–water partition coefficient (Wildman–Crippen LogP) is 7.50. The summed E-state index contributed by atoms with van der Waals surface area (Å²) in [5.41, 5.74) is 5.50. The molecular weight excluding hydrogens is 691 g/mol. The molecule has 0 aliphatic carbocycles. The molecule has 0 amide bonds. The fraction of sp³-hybridized carbons (Fsp3) is 0.476. The van der Waals surface area contributed by atoms with E-state index < -0.39 is 5.60 Å². The Morgan fingerprint density at radius 3 is 2.40 bits per heavy atom. The number of esters is 1. The van der Waals surface area contributed by atoms with Crippen molar-refractivity contribution in [1.29, 1.82) is 0 Å². The Morgan fingerprint density at radius 1 is 0.962 bits per heavy atom. The number of likely N-dealkylation sites (N-methyl/N-ethyl adjacent to an activating group) is 1. The first-order valence-electron chi connectivity index (χ1n) is 18.8. The molecule has 0 spiro atoms. The lowest BCUT2D eigenvalue weighted by Crippen LogP contribution is -2.63. The smallest absolute Gasteiger partial charge is 0.355 e. The van der Waals surface area contributed by atoms with Crippen molar-refractivity contribution in [2.24, 2.45) is 7.05 Å². The number of aryl methyl sites for hydroxylation is 3. The maximum absolute atomic E-state index is 14.4. The number of carbonyl (C=O) groups excluding carboxylic acids is 1. The Kier molecular flexibility index (Phi) is 10.6. The number of fused-ring (bicyclic) bond motifs is 2. The second kappa shape index (κ2) is 15.1. The van der Waals surface area contributed by atoms with E-state index in [9.17, 15) is 9.18 Å². The molecule has 0 bridgehead atoms. The molecule has 53 heavy (non-hydrogen) atoms. The number of aromatic nitrogens is 3. The number of hydrogen-bond acceptors (Lipinski definition) is 7. The van der Waals surface area contributed by atoms with Gasteiger partial charge in [-0.25, -0.2) is 9.18 Å². The van der Waals surface area contributed by atoms with Gasteiger partial charge in [-0.05, 0) is 95.8 Å². The van der Waals surface area contributed by atoms with Crippen LogP contribution in [-0.2, 0) is 24.8 Å². The van der Waals surface area contributed by atoms with Gasteiger partial charge in [-0.15, -0.1) is 0 Å². The number of halogens is 2. The van der Waals surface area contributed by atoms with Crippen LogP contribution in [0.25, 0.3) is 32.8 Å². The van der Waals surface area contributed by atoms with Crippen LogP contribution in [0, 0.1) is 19.7 Å². The van der Waals surface area contributed by atoms with E-state index in [2.05, 4.69) is 39.3 Å². The molecule has 0 atom stereocenters. The first-order valence-corrected chi connectivity index (χ1v) is 19.2. The molecule has 2 fully saturated rings. The lowest BCUT2D eigenvalue weighted by molar-refractivity contribution is 0.00367. The SMILES string of the molecule is Cc1nn(C)c(C)c1-c1c(Cl)ccc2c(CCCOc3cccc4cc(F)ccc34)c(C(=O)OC(C)(C)C)n(CCN3CC(N4CCN(C)CC4)C3)c12. The molecule has 0 N–H and O–H groups in total. The first-order chi connectivity index (χ1) is 25.3. The van der Waals surface area contributed by atoms with Gasteiger partial charge in [-0.3, -0.25) is 14.5 Å². The van der Waals surface area contributed by atoms with Crippen molar-refractivity contribution in [1.82, 2.24) is 29.0 Å². The lowest BCUT2D eigenvalue weighted by atomic mass is 9.98. The van der Waals surface area contributed by atoms with Crippen molar-refractivity contribution in [2.75, 3.05) is 59.5 Å². The van der Waals surface area contributed by atoms with E-state index in [1.54, 1.807) is 6.07 Å². The summed E-state index contributed by atoms with van der Waals surface area (Å²) in [6.07, 6.45) is 1.23. The van der Waals surface area contributed by atoms with Gasteiger partial charge in [0, 0.05) is 93.0 Å². The van der Waals surface area contributed by atoms with Crippen LogP contribution in [0.5, 0.6) is 5.75 Å². The van der Waals surface area contributed by atoms with Gasteiger partial charge in [-0.1, -0.05) is 29.8 Å². The Bertz CT molecular complexity index is 2140. The predicted molar refractivity (Wildman–Crippen MR) is 211 cm³/mol. The molecule has 2 aromatic heterocycles. The lowest BCUT2D eigenvalue weighted by Gasteiger charge is -2.48. The summed E-state index contributed by atoms with van der Waals surface area (Å²) in [4.78, 5) is 21.9. The molecule has 0 unspecified atom stereocenters. The third kappa shape index (κ3) is 7.69. The molecular formula is C42H52ClFN6O3. The van der Waals surface area contributed by atoms with E-state index in [1.807, 2.05) is 63.7 Å². The minimum Gasteiger partial charge on any atom is -0.493 e. The first kappa shape index (κ1) is 37.4. The van der Waals surface area contributed by atoms with Gasteiger partial charge < -0.3 is 18.9 Å². The van der Waals surface area contributed by atoms with Gasteiger partial charge in [0.2, 0.25) is 0 Å². The number of nitrogens with zero attached hydrogens (tertiary/aromatic N) is 6. The van der Waals surface area contributed by atoms with Crippen molar-refractivity contribution in [3.63, 3.8) is 0 Å². The van der Waals surface area contributed by atoms with Crippen LogP contribution in [0.15, 0.2) is 48.5 Å². The molecule has 282 valence electrons. The summed E-state index contributed by atoms with van der Waals surface area (Å²) in [5, 5.41) is 8.00. The minimum absolute atomic E-state index is 0.277. The zero-order valence-corrected chi connectivity index (χ0v) is 32.9. The minimum atomic E-state index is -0.684. The number of piperazine rings is 1. The fourth-order valence-electron chi connectivity index (χ4n) is 8.07. The highest BCUT2D eigenvalue weighted by molar-refractivity contribution is 6.35. The summed E-state index contributed by atoms with van der Waals surface area (Å²) < 4.78 is 30.5.